The molecule has 0 saturated carbocycles. The predicted molar refractivity (Wildman–Crippen MR) is 81.6 cm³/mol. The molecule has 108 valence electrons. The summed E-state index contributed by atoms with van der Waals surface area (Å²) in [5, 5.41) is 3.00. The van der Waals surface area contributed by atoms with Gasteiger partial charge >= 0.3 is 0 Å². The maximum absolute atomic E-state index is 5.72. The molecule has 0 radical (unpaired) electrons. The molecule has 2 rings (SSSR count). The van der Waals surface area contributed by atoms with Crippen LogP contribution in [0, 0.1) is 0 Å². The minimum Gasteiger partial charge on any atom is -0.382 e. The van der Waals surface area contributed by atoms with E-state index in [0.717, 1.165) is 21.8 Å². The lowest BCUT2D eigenvalue weighted by atomic mass is 10.1. The van der Waals surface area contributed by atoms with Crippen LogP contribution in [-0.4, -0.2) is 24.8 Å². The van der Waals surface area contributed by atoms with Gasteiger partial charge in [-0.05, 0) is 18.6 Å². The fourth-order valence-corrected chi connectivity index (χ4v) is 2.68. The van der Waals surface area contributed by atoms with Gasteiger partial charge in [-0.15, -0.1) is 11.3 Å². The first kappa shape index (κ1) is 15.1. The summed E-state index contributed by atoms with van der Waals surface area (Å²) in [5.74, 6) is 0. The molecular weight excluding hydrogens is 272 g/mol. The lowest BCUT2D eigenvalue weighted by Crippen LogP contribution is -2.14. The molecule has 20 heavy (non-hydrogen) atoms. The number of methoxy groups -OCH3 is 1. The third-order valence-corrected chi connectivity index (χ3v) is 3.81. The van der Waals surface area contributed by atoms with Crippen molar-refractivity contribution in [3.05, 3.63) is 40.9 Å². The van der Waals surface area contributed by atoms with Gasteiger partial charge in [-0.1, -0.05) is 18.2 Å². The second-order valence-corrected chi connectivity index (χ2v) is 5.48. The van der Waals surface area contributed by atoms with E-state index in [1.807, 2.05) is 18.4 Å². The van der Waals surface area contributed by atoms with Crippen molar-refractivity contribution < 1.29 is 9.47 Å². The molecule has 1 atom stereocenters. The Morgan fingerprint density at radius 2 is 2.25 bits per heavy atom. The number of rotatable bonds is 7. The van der Waals surface area contributed by atoms with Crippen molar-refractivity contribution in [2.75, 3.05) is 13.7 Å². The summed E-state index contributed by atoms with van der Waals surface area (Å²) in [6.07, 6.45) is 0.0901. The molecule has 1 aromatic carbocycles. The zero-order valence-electron chi connectivity index (χ0n) is 11.8. The van der Waals surface area contributed by atoms with Gasteiger partial charge in [0, 0.05) is 24.6 Å². The Hall–Kier alpha value is -1.27. The molecule has 5 heteroatoms. The van der Waals surface area contributed by atoms with E-state index in [1.165, 1.54) is 0 Å². The number of thiazole rings is 1. The molecule has 2 aromatic rings. The number of hydrogen-bond acceptors (Lipinski definition) is 5. The summed E-state index contributed by atoms with van der Waals surface area (Å²) in [4.78, 5) is 4.50. The van der Waals surface area contributed by atoms with Crippen LogP contribution in [0.3, 0.4) is 0 Å². The highest BCUT2D eigenvalue weighted by atomic mass is 32.1. The van der Waals surface area contributed by atoms with Gasteiger partial charge in [-0.2, -0.15) is 0 Å². The summed E-state index contributed by atoms with van der Waals surface area (Å²) in [6, 6.07) is 8.25. The molecule has 0 aliphatic rings. The van der Waals surface area contributed by atoms with E-state index in [1.54, 1.807) is 18.4 Å². The Labute approximate surface area is 123 Å². The van der Waals surface area contributed by atoms with Crippen molar-refractivity contribution in [3.63, 3.8) is 0 Å². The van der Waals surface area contributed by atoms with Gasteiger partial charge < -0.3 is 15.2 Å². The van der Waals surface area contributed by atoms with Gasteiger partial charge in [0.05, 0.1) is 25.0 Å². The van der Waals surface area contributed by atoms with Crippen molar-refractivity contribution in [3.8, 4) is 10.6 Å². The Kier molecular flexibility index (Phi) is 5.67. The SMILES string of the molecule is COCC(C)OCc1cccc(-c2nc(CN)cs2)c1. The fraction of sp³-hybridized carbons (Fsp3) is 0.400. The van der Waals surface area contributed by atoms with Crippen LogP contribution in [0.1, 0.15) is 18.2 Å². The molecule has 0 bridgehead atoms. The molecule has 2 N–H and O–H groups in total. The number of nitrogens with zero attached hydrogens (tertiary/aromatic N) is 1. The van der Waals surface area contributed by atoms with Crippen LogP contribution in [0.15, 0.2) is 29.6 Å². The van der Waals surface area contributed by atoms with E-state index in [9.17, 15) is 0 Å². The standard InChI is InChI=1S/C15H20N2O2S/c1-11(8-18-2)19-9-12-4-3-5-13(6-12)15-17-14(7-16)10-20-15/h3-6,10-11H,7-9,16H2,1-2H3. The minimum absolute atomic E-state index is 0.0901. The van der Waals surface area contributed by atoms with Crippen LogP contribution in [0.4, 0.5) is 0 Å². The van der Waals surface area contributed by atoms with E-state index >= 15 is 0 Å². The van der Waals surface area contributed by atoms with E-state index in [-0.39, 0.29) is 6.10 Å². The van der Waals surface area contributed by atoms with Gasteiger partial charge in [0.2, 0.25) is 0 Å². The third kappa shape index (κ3) is 4.11. The highest BCUT2D eigenvalue weighted by Gasteiger charge is 2.06. The number of ether oxygens (including phenoxy) is 2. The Morgan fingerprint density at radius 1 is 1.40 bits per heavy atom. The maximum atomic E-state index is 5.72. The first-order chi connectivity index (χ1) is 9.72. The molecule has 1 aromatic heterocycles. The van der Waals surface area contributed by atoms with Crippen LogP contribution in [-0.2, 0) is 22.6 Å². The fourth-order valence-electron chi connectivity index (χ4n) is 1.85. The summed E-state index contributed by atoms with van der Waals surface area (Å²) >= 11 is 1.62. The lowest BCUT2D eigenvalue weighted by Gasteiger charge is -2.12. The molecule has 0 amide bonds. The third-order valence-electron chi connectivity index (χ3n) is 2.87. The Bertz CT molecular complexity index is 542. The van der Waals surface area contributed by atoms with Gasteiger partial charge in [-0.25, -0.2) is 4.98 Å². The molecule has 0 fully saturated rings. The van der Waals surface area contributed by atoms with Crippen molar-refractivity contribution >= 4 is 11.3 Å². The van der Waals surface area contributed by atoms with Crippen LogP contribution in [0.25, 0.3) is 10.6 Å². The average molecular weight is 292 g/mol. The van der Waals surface area contributed by atoms with Gasteiger partial charge in [0.15, 0.2) is 0 Å². The molecular formula is C15H20N2O2S. The smallest absolute Gasteiger partial charge is 0.123 e. The van der Waals surface area contributed by atoms with E-state index < -0.39 is 0 Å². The first-order valence-electron chi connectivity index (χ1n) is 6.57. The average Bonchev–Trinajstić information content (AvgIpc) is 2.95. The quantitative estimate of drug-likeness (QED) is 0.852. The molecule has 4 nitrogen and oxygen atoms in total. The Balaban J connectivity index is 2.04. The van der Waals surface area contributed by atoms with Crippen LogP contribution in [0.2, 0.25) is 0 Å². The van der Waals surface area contributed by atoms with Crippen molar-refractivity contribution in [1.29, 1.82) is 0 Å². The monoisotopic (exact) mass is 292 g/mol. The summed E-state index contributed by atoms with van der Waals surface area (Å²) in [7, 11) is 1.68. The number of aromatic nitrogens is 1. The number of benzene rings is 1. The first-order valence-corrected chi connectivity index (χ1v) is 7.45. The van der Waals surface area contributed by atoms with Crippen molar-refractivity contribution in [2.24, 2.45) is 5.73 Å². The molecule has 0 aliphatic carbocycles. The maximum Gasteiger partial charge on any atom is 0.123 e. The van der Waals surface area contributed by atoms with E-state index in [0.29, 0.717) is 19.8 Å². The second kappa shape index (κ2) is 7.50. The van der Waals surface area contributed by atoms with Crippen molar-refractivity contribution in [1.82, 2.24) is 4.98 Å². The number of hydrogen-bond donors (Lipinski definition) is 1. The summed E-state index contributed by atoms with van der Waals surface area (Å²) in [6.45, 7) is 3.66. The van der Waals surface area contributed by atoms with E-state index in [2.05, 4.69) is 23.2 Å². The largest absolute Gasteiger partial charge is 0.382 e. The van der Waals surface area contributed by atoms with Gasteiger partial charge in [0.1, 0.15) is 5.01 Å². The topological polar surface area (TPSA) is 57.4 Å². The lowest BCUT2D eigenvalue weighted by molar-refractivity contribution is -0.000113. The highest BCUT2D eigenvalue weighted by Crippen LogP contribution is 2.24. The van der Waals surface area contributed by atoms with Crippen LogP contribution < -0.4 is 5.73 Å². The van der Waals surface area contributed by atoms with Crippen molar-refractivity contribution in [2.45, 2.75) is 26.2 Å². The predicted octanol–water partition coefficient (Wildman–Crippen LogP) is 2.82. The molecule has 0 saturated heterocycles. The highest BCUT2D eigenvalue weighted by molar-refractivity contribution is 7.13. The second-order valence-electron chi connectivity index (χ2n) is 4.63. The van der Waals surface area contributed by atoms with Gasteiger partial charge in [0.25, 0.3) is 0 Å². The minimum atomic E-state index is 0.0901. The van der Waals surface area contributed by atoms with Crippen LogP contribution in [0.5, 0.6) is 0 Å². The number of nitrogens with two attached hydrogens (primary N) is 1. The molecule has 0 aliphatic heterocycles. The molecule has 1 heterocycles. The molecule has 1 unspecified atom stereocenters. The van der Waals surface area contributed by atoms with Crippen LogP contribution >= 0.6 is 11.3 Å². The summed E-state index contributed by atoms with van der Waals surface area (Å²) < 4.78 is 10.8. The van der Waals surface area contributed by atoms with E-state index in [4.69, 9.17) is 15.2 Å². The zero-order valence-corrected chi connectivity index (χ0v) is 12.7. The Morgan fingerprint density at radius 3 is 2.95 bits per heavy atom. The molecule has 0 spiro atoms. The summed E-state index contributed by atoms with van der Waals surface area (Å²) in [5.41, 5.74) is 8.76. The zero-order chi connectivity index (χ0) is 14.4. The van der Waals surface area contributed by atoms with Gasteiger partial charge in [-0.3, -0.25) is 0 Å². The normalized spacial score (nSPS) is 12.6.